The second-order valence-electron chi connectivity index (χ2n) is 13.9. The van der Waals surface area contributed by atoms with Gasteiger partial charge >= 0.3 is 12.1 Å². The molecule has 5 rings (SSSR count). The molecule has 2 aliphatic heterocycles. The lowest BCUT2D eigenvalue weighted by Crippen LogP contribution is -2.51. The number of benzene rings is 1. The lowest BCUT2D eigenvalue weighted by molar-refractivity contribution is -0.173. The highest BCUT2D eigenvalue weighted by Gasteiger charge is 2.51. The Hall–Kier alpha value is -5.60. The molecule has 0 aliphatic carbocycles. The van der Waals surface area contributed by atoms with Gasteiger partial charge in [-0.15, -0.1) is 0 Å². The zero-order valence-corrected chi connectivity index (χ0v) is 31.5. The Morgan fingerprint density at radius 3 is 2.54 bits per heavy atom. The van der Waals surface area contributed by atoms with Crippen LogP contribution in [0.5, 0.6) is 5.75 Å². The van der Waals surface area contributed by atoms with Crippen molar-refractivity contribution in [3.63, 3.8) is 0 Å². The van der Waals surface area contributed by atoms with E-state index in [1.54, 1.807) is 42.7 Å². The molecule has 4 heterocycles. The van der Waals surface area contributed by atoms with E-state index in [1.165, 1.54) is 7.05 Å². The highest BCUT2D eigenvalue weighted by atomic mass is 16.6. The molecular formula is C39H48N6O9. The fraction of sp³-hybridized carbons (Fsp3) is 0.487. The van der Waals surface area contributed by atoms with Gasteiger partial charge < -0.3 is 35.1 Å². The number of likely N-dealkylation sites (N-methyl/N-ethyl adjacent to an activating group) is 1. The molecule has 288 valence electrons. The number of aliphatic imine (C=N–C) groups is 1. The van der Waals surface area contributed by atoms with Gasteiger partial charge in [0, 0.05) is 42.6 Å². The predicted molar refractivity (Wildman–Crippen MR) is 200 cm³/mol. The number of nitrogens with two attached hydrogens (primary N) is 1. The number of ether oxygens (including phenoxy) is 2. The molecule has 2 atom stereocenters. The molecule has 3 aromatic rings. The van der Waals surface area contributed by atoms with Crippen molar-refractivity contribution in [3.8, 4) is 17.1 Å². The first-order chi connectivity index (χ1) is 25.7. The summed E-state index contributed by atoms with van der Waals surface area (Å²) in [6.45, 7) is 7.14. The van der Waals surface area contributed by atoms with E-state index in [1.807, 2.05) is 6.92 Å². The number of hydrogen-bond donors (Lipinski definition) is 3. The van der Waals surface area contributed by atoms with Crippen LogP contribution in [0, 0.1) is 0 Å². The number of aromatic hydroxyl groups is 1. The van der Waals surface area contributed by atoms with Crippen LogP contribution in [0.25, 0.3) is 22.3 Å². The predicted octanol–water partition coefficient (Wildman–Crippen LogP) is 4.13. The van der Waals surface area contributed by atoms with Crippen molar-refractivity contribution in [1.29, 1.82) is 0 Å². The van der Waals surface area contributed by atoms with Crippen LogP contribution < -0.4 is 16.6 Å². The molecule has 0 spiro atoms. The molecule has 2 aromatic heterocycles. The first-order valence-corrected chi connectivity index (χ1v) is 18.5. The zero-order valence-electron chi connectivity index (χ0n) is 31.5. The van der Waals surface area contributed by atoms with E-state index >= 15 is 0 Å². The van der Waals surface area contributed by atoms with E-state index in [0.29, 0.717) is 29.7 Å². The molecule has 4 N–H and O–H groups in total. The molecule has 0 unspecified atom stereocenters. The minimum atomic E-state index is -1.96. The number of carbonyl (C=O) groups is 5. The third kappa shape index (κ3) is 7.99. The number of pyridine rings is 2. The van der Waals surface area contributed by atoms with Gasteiger partial charge in [0.2, 0.25) is 17.4 Å². The van der Waals surface area contributed by atoms with Crippen LogP contribution in [0.2, 0.25) is 0 Å². The second kappa shape index (κ2) is 16.6. The van der Waals surface area contributed by atoms with E-state index in [2.05, 4.69) is 17.2 Å². The van der Waals surface area contributed by atoms with Gasteiger partial charge in [0.1, 0.15) is 18.1 Å². The number of aromatic nitrogens is 2. The fourth-order valence-electron chi connectivity index (χ4n) is 7.20. The Kier molecular flexibility index (Phi) is 12.2. The summed E-state index contributed by atoms with van der Waals surface area (Å²) in [6, 6.07) is 5.86. The summed E-state index contributed by atoms with van der Waals surface area (Å²) in [5.41, 5.74) is 6.46. The minimum absolute atomic E-state index is 0.0509. The monoisotopic (exact) mass is 744 g/mol. The number of phenols is 1. The molecule has 1 aromatic carbocycles. The Bertz CT molecular complexity index is 2090. The topological polar surface area (TPSA) is 213 Å². The lowest BCUT2D eigenvalue weighted by Gasteiger charge is -2.37. The van der Waals surface area contributed by atoms with Gasteiger partial charge in [0.05, 0.1) is 35.4 Å². The molecule has 54 heavy (non-hydrogen) atoms. The zero-order chi connectivity index (χ0) is 39.3. The van der Waals surface area contributed by atoms with Crippen LogP contribution >= 0.6 is 0 Å². The number of primary amides is 1. The number of nitrogens with zero attached hydrogens (tertiary/aromatic N) is 4. The van der Waals surface area contributed by atoms with Gasteiger partial charge in [-0.25, -0.2) is 19.6 Å². The molecule has 4 amide bonds. The summed E-state index contributed by atoms with van der Waals surface area (Å²) in [6.07, 6.45) is 3.80. The maximum atomic E-state index is 14.0. The molecule has 15 nitrogen and oxygen atoms in total. The molecule has 0 bridgehead atoms. The van der Waals surface area contributed by atoms with Gasteiger partial charge in [0.25, 0.3) is 11.5 Å². The van der Waals surface area contributed by atoms with Crippen LogP contribution in [0.15, 0.2) is 34.1 Å². The van der Waals surface area contributed by atoms with Gasteiger partial charge in [-0.05, 0) is 56.0 Å². The number of hydrogen-bond acceptors (Lipinski definition) is 10. The smallest absolute Gasteiger partial charge is 0.411 e. The number of amides is 4. The van der Waals surface area contributed by atoms with Gasteiger partial charge in [-0.1, -0.05) is 46.5 Å². The van der Waals surface area contributed by atoms with Crippen molar-refractivity contribution < 1.29 is 38.6 Å². The molecular weight excluding hydrogens is 696 g/mol. The van der Waals surface area contributed by atoms with Gasteiger partial charge in [0.15, 0.2) is 0 Å². The quantitative estimate of drug-likeness (QED) is 0.0899. The van der Waals surface area contributed by atoms with Gasteiger partial charge in [-0.3, -0.25) is 19.2 Å². The number of rotatable bonds is 15. The standard InChI is InChI=1S/C39H48N6O9/c1-6-9-10-11-12-13-33(48)42-30(18-32(40)47)35(49)41-22(4)19-44(5)38(52)54-39(8-3)28-17-31-34-26(20-45(31)36(50)27(28)21-53-37(39)51)24(7-2)25-16-23(46)14-15-29(25)43-34/h14-17,22,46H,6-13,18-21H2,1-5H3,(H2,40,47)(H,41,49)/t22-,39-/m0/s1. The Balaban J connectivity index is 1.36. The number of aryl methyl sites for hydroxylation is 1. The number of carbonyl (C=O) groups excluding carboxylic acids is 5. The van der Waals surface area contributed by atoms with Crippen LogP contribution in [-0.2, 0) is 53.8 Å². The minimum Gasteiger partial charge on any atom is -0.508 e. The lowest BCUT2D eigenvalue weighted by atomic mass is 9.85. The number of unbranched alkanes of at least 4 members (excludes halogenated alkanes) is 4. The van der Waals surface area contributed by atoms with Crippen molar-refractivity contribution in [2.75, 3.05) is 13.6 Å². The number of cyclic esters (lactones) is 1. The normalized spacial score (nSPS) is 16.5. The third-order valence-corrected chi connectivity index (χ3v) is 9.97. The Morgan fingerprint density at radius 2 is 1.85 bits per heavy atom. The molecule has 0 fully saturated rings. The van der Waals surface area contributed by atoms with E-state index in [9.17, 15) is 33.9 Å². The SMILES string of the molecule is CCCCCCCC(=O)N=C(CC(N)=O)C(=O)N[C@@H](C)CN(C)C(=O)O[C@]1(CC)C(=O)OCc2c1cc1n(c2=O)Cc2c-1nc1ccc(O)cc1c2CC. The maximum Gasteiger partial charge on any atom is 0.411 e. The maximum absolute atomic E-state index is 14.0. The first-order valence-electron chi connectivity index (χ1n) is 18.5. The van der Waals surface area contributed by atoms with Crippen molar-refractivity contribution in [3.05, 3.63) is 56.9 Å². The number of nitrogens with one attached hydrogen (secondary N) is 1. The average molecular weight is 745 g/mol. The van der Waals surface area contributed by atoms with Crippen LogP contribution in [0.3, 0.4) is 0 Å². The largest absolute Gasteiger partial charge is 0.508 e. The highest BCUT2D eigenvalue weighted by molar-refractivity contribution is 6.43. The summed E-state index contributed by atoms with van der Waals surface area (Å²) in [4.78, 5) is 88.4. The fourth-order valence-corrected chi connectivity index (χ4v) is 7.20. The molecule has 0 saturated carbocycles. The van der Waals surface area contributed by atoms with Crippen molar-refractivity contribution in [1.82, 2.24) is 19.8 Å². The third-order valence-electron chi connectivity index (χ3n) is 9.97. The molecule has 0 saturated heterocycles. The number of fused-ring (bicyclic) bond motifs is 5. The van der Waals surface area contributed by atoms with E-state index in [-0.39, 0.29) is 55.1 Å². The number of esters is 1. The highest BCUT2D eigenvalue weighted by Crippen LogP contribution is 2.42. The molecule has 0 radical (unpaired) electrons. The summed E-state index contributed by atoms with van der Waals surface area (Å²) in [5, 5.41) is 13.6. The Labute approximate surface area is 312 Å². The van der Waals surface area contributed by atoms with Crippen LogP contribution in [-0.4, -0.2) is 74.7 Å². The summed E-state index contributed by atoms with van der Waals surface area (Å²) < 4.78 is 13.0. The Morgan fingerprint density at radius 1 is 1.11 bits per heavy atom. The van der Waals surface area contributed by atoms with Crippen LogP contribution in [0.1, 0.15) is 101 Å². The summed E-state index contributed by atoms with van der Waals surface area (Å²) >= 11 is 0. The van der Waals surface area contributed by atoms with Gasteiger partial charge in [-0.2, -0.15) is 0 Å². The number of phenolic OH excluding ortho intramolecular Hbond substituents is 1. The molecule has 2 aliphatic rings. The van der Waals surface area contributed by atoms with Crippen molar-refractivity contribution in [2.45, 2.75) is 110 Å². The summed E-state index contributed by atoms with van der Waals surface area (Å²) in [7, 11) is 1.41. The van der Waals surface area contributed by atoms with E-state index in [0.717, 1.165) is 47.1 Å². The first kappa shape index (κ1) is 39.6. The average Bonchev–Trinajstić information content (AvgIpc) is 3.49. The van der Waals surface area contributed by atoms with E-state index in [4.69, 9.17) is 20.2 Å². The van der Waals surface area contributed by atoms with Crippen LogP contribution in [0.4, 0.5) is 4.79 Å². The summed E-state index contributed by atoms with van der Waals surface area (Å²) in [5.74, 6) is -2.87. The second-order valence-corrected chi connectivity index (χ2v) is 13.9. The van der Waals surface area contributed by atoms with Crippen molar-refractivity contribution in [2.24, 2.45) is 10.7 Å². The van der Waals surface area contributed by atoms with Crippen molar-refractivity contribution >= 4 is 46.4 Å². The van der Waals surface area contributed by atoms with E-state index < -0.39 is 53.4 Å². The molecule has 15 heteroatoms.